The molecule has 1 atom stereocenters. The molecule has 0 bridgehead atoms. The van der Waals surface area contributed by atoms with Gasteiger partial charge in [0.15, 0.2) is 0 Å². The smallest absolute Gasteiger partial charge is 0.0214 e. The average molecular weight is 217 g/mol. The summed E-state index contributed by atoms with van der Waals surface area (Å²) < 4.78 is 0. The fourth-order valence-corrected chi connectivity index (χ4v) is 1.03. The summed E-state index contributed by atoms with van der Waals surface area (Å²) in [6, 6.07) is 0.620. The zero-order valence-corrected chi connectivity index (χ0v) is 10.3. The predicted octanol–water partition coefficient (Wildman–Crippen LogP) is 1.64. The molecule has 4 heteroatoms. The van der Waals surface area contributed by atoms with E-state index in [0.717, 1.165) is 6.54 Å². The highest BCUT2D eigenvalue weighted by Crippen LogP contribution is 2.00. The first-order valence-electron chi connectivity index (χ1n) is 3.90. The zero-order chi connectivity index (χ0) is 8.15. The SMILES string of the molecule is CNC(CN(C)C)C(C)C.Cl.Cl. The largest absolute Gasteiger partial charge is 0.315 e. The van der Waals surface area contributed by atoms with E-state index in [1.165, 1.54) is 0 Å². The molecule has 78 valence electrons. The molecule has 1 N–H and O–H groups in total. The van der Waals surface area contributed by atoms with Crippen LogP contribution >= 0.6 is 24.8 Å². The van der Waals surface area contributed by atoms with Crippen LogP contribution in [-0.2, 0) is 0 Å². The van der Waals surface area contributed by atoms with E-state index in [9.17, 15) is 0 Å². The second-order valence-corrected chi connectivity index (χ2v) is 3.40. The number of likely N-dealkylation sites (N-methyl/N-ethyl adjacent to an activating group) is 2. The van der Waals surface area contributed by atoms with Crippen LogP contribution in [-0.4, -0.2) is 38.6 Å². The monoisotopic (exact) mass is 216 g/mol. The zero-order valence-electron chi connectivity index (χ0n) is 8.63. The molecule has 0 aromatic carbocycles. The number of hydrogen-bond donors (Lipinski definition) is 1. The van der Waals surface area contributed by atoms with Crippen LogP contribution in [0.4, 0.5) is 0 Å². The summed E-state index contributed by atoms with van der Waals surface area (Å²) in [5, 5.41) is 3.29. The van der Waals surface area contributed by atoms with E-state index in [1.807, 2.05) is 7.05 Å². The number of rotatable bonds is 4. The average Bonchev–Trinajstić information content (AvgIpc) is 1.81. The third-order valence-corrected chi connectivity index (χ3v) is 1.74. The van der Waals surface area contributed by atoms with Gasteiger partial charge in [0.25, 0.3) is 0 Å². The van der Waals surface area contributed by atoms with Crippen molar-refractivity contribution in [2.75, 3.05) is 27.7 Å². The second kappa shape index (κ2) is 9.59. The lowest BCUT2D eigenvalue weighted by molar-refractivity contribution is 0.301. The van der Waals surface area contributed by atoms with E-state index in [0.29, 0.717) is 12.0 Å². The molecule has 0 radical (unpaired) electrons. The van der Waals surface area contributed by atoms with Crippen LogP contribution in [0.2, 0.25) is 0 Å². The van der Waals surface area contributed by atoms with Crippen molar-refractivity contribution in [3.8, 4) is 0 Å². The molecule has 0 fully saturated rings. The standard InChI is InChI=1S/C8H20N2.2ClH/c1-7(2)8(9-3)6-10(4)5;;/h7-9H,6H2,1-5H3;2*1H. The molecule has 1 unspecified atom stereocenters. The number of nitrogens with one attached hydrogen (secondary N) is 1. The molecule has 0 rings (SSSR count). The molecule has 12 heavy (non-hydrogen) atoms. The molecule has 0 amide bonds. The lowest BCUT2D eigenvalue weighted by Crippen LogP contribution is -2.39. The Morgan fingerprint density at radius 1 is 1.17 bits per heavy atom. The Morgan fingerprint density at radius 2 is 1.58 bits per heavy atom. The topological polar surface area (TPSA) is 15.3 Å². The first-order valence-corrected chi connectivity index (χ1v) is 3.90. The maximum atomic E-state index is 3.29. The molecular formula is C8H22Cl2N2. The molecule has 0 spiro atoms. The van der Waals surface area contributed by atoms with E-state index < -0.39 is 0 Å². The van der Waals surface area contributed by atoms with Crippen LogP contribution in [0.1, 0.15) is 13.8 Å². The van der Waals surface area contributed by atoms with Crippen molar-refractivity contribution in [2.24, 2.45) is 5.92 Å². The van der Waals surface area contributed by atoms with Crippen LogP contribution in [0.5, 0.6) is 0 Å². The van der Waals surface area contributed by atoms with Gasteiger partial charge in [0, 0.05) is 12.6 Å². The van der Waals surface area contributed by atoms with Crippen LogP contribution in [0.25, 0.3) is 0 Å². The minimum absolute atomic E-state index is 0. The molecule has 0 aromatic heterocycles. The van der Waals surface area contributed by atoms with Crippen molar-refractivity contribution in [2.45, 2.75) is 19.9 Å². The highest BCUT2D eigenvalue weighted by atomic mass is 35.5. The van der Waals surface area contributed by atoms with E-state index in [4.69, 9.17) is 0 Å². The highest BCUT2D eigenvalue weighted by Gasteiger charge is 2.10. The van der Waals surface area contributed by atoms with Crippen molar-refractivity contribution in [3.05, 3.63) is 0 Å². The normalized spacial score (nSPS) is 12.2. The molecule has 0 heterocycles. The van der Waals surface area contributed by atoms with Gasteiger partial charge in [0.05, 0.1) is 0 Å². The molecule has 0 aliphatic carbocycles. The summed E-state index contributed by atoms with van der Waals surface area (Å²) in [4.78, 5) is 2.21. The molecular weight excluding hydrogens is 195 g/mol. The maximum absolute atomic E-state index is 3.29. The Morgan fingerprint density at radius 3 is 1.67 bits per heavy atom. The maximum Gasteiger partial charge on any atom is 0.0214 e. The van der Waals surface area contributed by atoms with Gasteiger partial charge in [-0.1, -0.05) is 13.8 Å². The van der Waals surface area contributed by atoms with Crippen molar-refractivity contribution in [3.63, 3.8) is 0 Å². The first kappa shape index (κ1) is 18.3. The molecule has 0 saturated heterocycles. The van der Waals surface area contributed by atoms with Gasteiger partial charge in [-0.25, -0.2) is 0 Å². The van der Waals surface area contributed by atoms with Gasteiger partial charge >= 0.3 is 0 Å². The van der Waals surface area contributed by atoms with Crippen molar-refractivity contribution in [1.82, 2.24) is 10.2 Å². The third kappa shape index (κ3) is 8.60. The van der Waals surface area contributed by atoms with E-state index in [-0.39, 0.29) is 24.8 Å². The summed E-state index contributed by atoms with van der Waals surface area (Å²) in [6.45, 7) is 5.60. The van der Waals surface area contributed by atoms with Gasteiger partial charge in [-0.05, 0) is 27.1 Å². The Hall–Kier alpha value is 0.500. The summed E-state index contributed by atoms with van der Waals surface area (Å²) in [5.74, 6) is 0.715. The van der Waals surface area contributed by atoms with Crippen molar-refractivity contribution in [1.29, 1.82) is 0 Å². The number of halogens is 2. The van der Waals surface area contributed by atoms with Gasteiger partial charge in [0.1, 0.15) is 0 Å². The van der Waals surface area contributed by atoms with Gasteiger partial charge in [-0.3, -0.25) is 0 Å². The van der Waals surface area contributed by atoms with Crippen LogP contribution < -0.4 is 5.32 Å². The number of nitrogens with zero attached hydrogens (tertiary/aromatic N) is 1. The third-order valence-electron chi connectivity index (χ3n) is 1.74. The van der Waals surface area contributed by atoms with Crippen molar-refractivity contribution >= 4 is 24.8 Å². The predicted molar refractivity (Wildman–Crippen MR) is 60.7 cm³/mol. The quantitative estimate of drug-likeness (QED) is 0.770. The summed E-state index contributed by atoms with van der Waals surface area (Å²) in [6.07, 6.45) is 0. The summed E-state index contributed by atoms with van der Waals surface area (Å²) in [5.41, 5.74) is 0. The second-order valence-electron chi connectivity index (χ2n) is 3.40. The lowest BCUT2D eigenvalue weighted by Gasteiger charge is -2.23. The van der Waals surface area contributed by atoms with Crippen LogP contribution in [0.3, 0.4) is 0 Å². The van der Waals surface area contributed by atoms with Crippen LogP contribution in [0.15, 0.2) is 0 Å². The molecule has 0 aromatic rings. The fourth-order valence-electron chi connectivity index (χ4n) is 1.03. The molecule has 0 aliphatic rings. The minimum atomic E-state index is 0. The van der Waals surface area contributed by atoms with Gasteiger partial charge < -0.3 is 10.2 Å². The Kier molecular flexibility index (Phi) is 14.6. The lowest BCUT2D eigenvalue weighted by atomic mass is 10.0. The Balaban J connectivity index is -0.000000405. The van der Waals surface area contributed by atoms with E-state index in [2.05, 4.69) is 38.2 Å². The first-order chi connectivity index (χ1) is 4.57. The van der Waals surface area contributed by atoms with Crippen LogP contribution in [0, 0.1) is 5.92 Å². The fraction of sp³-hybridized carbons (Fsp3) is 1.00. The van der Waals surface area contributed by atoms with Crippen molar-refractivity contribution < 1.29 is 0 Å². The van der Waals surface area contributed by atoms with E-state index >= 15 is 0 Å². The summed E-state index contributed by atoms with van der Waals surface area (Å²) >= 11 is 0. The molecule has 0 aliphatic heterocycles. The molecule has 2 nitrogen and oxygen atoms in total. The highest BCUT2D eigenvalue weighted by molar-refractivity contribution is 5.85. The molecule has 0 saturated carbocycles. The Labute approximate surface area is 88.9 Å². The van der Waals surface area contributed by atoms with Gasteiger partial charge in [-0.2, -0.15) is 0 Å². The van der Waals surface area contributed by atoms with Gasteiger partial charge in [0.2, 0.25) is 0 Å². The summed E-state index contributed by atoms with van der Waals surface area (Å²) in [7, 11) is 6.23. The minimum Gasteiger partial charge on any atom is -0.315 e. The Bertz CT molecular complexity index is 87.1. The van der Waals surface area contributed by atoms with Gasteiger partial charge in [-0.15, -0.1) is 24.8 Å². The number of hydrogen-bond acceptors (Lipinski definition) is 2. The van der Waals surface area contributed by atoms with E-state index in [1.54, 1.807) is 0 Å².